The predicted molar refractivity (Wildman–Crippen MR) is 172 cm³/mol. The average Bonchev–Trinajstić information content (AvgIpc) is 3.33. The molecule has 4 aromatic rings. The fraction of sp³-hybridized carbons (Fsp3) is 0.273. The van der Waals surface area contributed by atoms with Gasteiger partial charge in [0.2, 0.25) is 5.91 Å². The summed E-state index contributed by atoms with van der Waals surface area (Å²) < 4.78 is 7.25. The monoisotopic (exact) mass is 633 g/mol. The van der Waals surface area contributed by atoms with E-state index in [1.807, 2.05) is 54.7 Å². The van der Waals surface area contributed by atoms with Crippen LogP contribution in [0.3, 0.4) is 0 Å². The molecule has 0 unspecified atom stereocenters. The number of fused-ring (bicyclic) bond motifs is 1. The van der Waals surface area contributed by atoms with E-state index in [9.17, 15) is 24.6 Å². The van der Waals surface area contributed by atoms with Crippen LogP contribution in [0.25, 0.3) is 10.9 Å². The number of halogens is 1. The number of aromatic hydroxyl groups is 1. The second kappa shape index (κ2) is 14.7. The minimum Gasteiger partial charge on any atom is -0.508 e. The smallest absolute Gasteiger partial charge is 0.408 e. The first-order chi connectivity index (χ1) is 21.4. The molecule has 4 rings (SSSR count). The van der Waals surface area contributed by atoms with Crippen LogP contribution in [0.2, 0.25) is 5.02 Å². The lowest BCUT2D eigenvalue weighted by Gasteiger charge is -2.24. The largest absolute Gasteiger partial charge is 0.508 e. The zero-order chi connectivity index (χ0) is 32.6. The van der Waals surface area contributed by atoms with Crippen LogP contribution < -0.4 is 16.1 Å². The van der Waals surface area contributed by atoms with Gasteiger partial charge in [-0.2, -0.15) is 5.10 Å². The van der Waals surface area contributed by atoms with Crippen LogP contribution in [0.5, 0.6) is 5.75 Å². The van der Waals surface area contributed by atoms with Gasteiger partial charge in [0, 0.05) is 40.7 Å². The average molecular weight is 634 g/mol. The molecule has 45 heavy (non-hydrogen) atoms. The van der Waals surface area contributed by atoms with Crippen molar-refractivity contribution < 1.29 is 29.3 Å². The van der Waals surface area contributed by atoms with Gasteiger partial charge in [-0.25, -0.2) is 10.2 Å². The van der Waals surface area contributed by atoms with Gasteiger partial charge in [0.15, 0.2) is 0 Å². The summed E-state index contributed by atoms with van der Waals surface area (Å²) in [5, 5.41) is 30.1. The van der Waals surface area contributed by atoms with E-state index in [0.29, 0.717) is 17.1 Å². The molecule has 11 nitrogen and oxygen atoms in total. The second-order valence-corrected chi connectivity index (χ2v) is 11.8. The third kappa shape index (κ3) is 9.56. The number of ether oxygens (including phenoxy) is 1. The first-order valence-corrected chi connectivity index (χ1v) is 14.6. The number of nitrogens with zero attached hydrogens (tertiary/aromatic N) is 2. The number of para-hydroxylation sites is 1. The van der Waals surface area contributed by atoms with Gasteiger partial charge in [0.1, 0.15) is 23.4 Å². The predicted octanol–water partition coefficient (Wildman–Crippen LogP) is 4.11. The van der Waals surface area contributed by atoms with E-state index in [1.54, 1.807) is 32.9 Å². The molecule has 0 saturated carbocycles. The van der Waals surface area contributed by atoms with E-state index >= 15 is 0 Å². The molecule has 0 aliphatic rings. The van der Waals surface area contributed by atoms with Crippen LogP contribution in [0.15, 0.2) is 84.1 Å². The van der Waals surface area contributed by atoms with Crippen molar-refractivity contribution in [2.24, 2.45) is 5.10 Å². The van der Waals surface area contributed by atoms with E-state index in [4.69, 9.17) is 16.3 Å². The molecule has 0 fully saturated rings. The number of nitrogens with one attached hydrogen (secondary N) is 3. The van der Waals surface area contributed by atoms with Crippen LogP contribution in [0.1, 0.15) is 37.5 Å². The fourth-order valence-electron chi connectivity index (χ4n) is 4.53. The van der Waals surface area contributed by atoms with Crippen LogP contribution in [0.4, 0.5) is 4.79 Å². The Morgan fingerprint density at radius 1 is 0.933 bits per heavy atom. The molecule has 0 radical (unpaired) electrons. The molecular formula is C33H36ClN5O6. The van der Waals surface area contributed by atoms with Crippen molar-refractivity contribution in [1.29, 1.82) is 0 Å². The fourth-order valence-corrected chi connectivity index (χ4v) is 4.66. The summed E-state index contributed by atoms with van der Waals surface area (Å²) in [5.41, 5.74) is 5.12. The number of hydrogen-bond donors (Lipinski definition) is 5. The number of carbonyl (C=O) groups excluding carboxylic acids is 3. The summed E-state index contributed by atoms with van der Waals surface area (Å²) in [5.74, 6) is -1.38. The Hall–Kier alpha value is -4.87. The molecule has 5 N–H and O–H groups in total. The highest BCUT2D eigenvalue weighted by Gasteiger charge is 2.28. The molecular weight excluding hydrogens is 598 g/mol. The molecule has 0 aliphatic heterocycles. The van der Waals surface area contributed by atoms with Gasteiger partial charge < -0.3 is 30.2 Å². The number of benzene rings is 3. The number of aliphatic hydroxyl groups is 1. The van der Waals surface area contributed by atoms with E-state index < -0.39 is 42.2 Å². The zero-order valence-electron chi connectivity index (χ0n) is 25.2. The summed E-state index contributed by atoms with van der Waals surface area (Å²) in [4.78, 5) is 38.6. The number of alkyl carbamates (subject to hydrolysis) is 1. The summed E-state index contributed by atoms with van der Waals surface area (Å²) in [6.07, 6.45) is 2.60. The van der Waals surface area contributed by atoms with Crippen LogP contribution in [-0.2, 0) is 27.3 Å². The summed E-state index contributed by atoms with van der Waals surface area (Å²) in [6.45, 7) is 4.86. The quantitative estimate of drug-likeness (QED) is 0.124. The minimum atomic E-state index is -1.37. The van der Waals surface area contributed by atoms with Gasteiger partial charge in [-0.3, -0.25) is 9.59 Å². The maximum Gasteiger partial charge on any atom is 0.408 e. The van der Waals surface area contributed by atoms with Crippen molar-refractivity contribution >= 4 is 46.6 Å². The maximum absolute atomic E-state index is 13.3. The SMILES string of the molecule is CC(C)(C)OC(=O)N[C@@H](CO)C(=O)N[C@@H](Cc1ccc(O)cc1)C(=O)N/N=C\c1cn(Cc2ccc(Cl)cc2)c2ccccc12. The Bertz CT molecular complexity index is 1660. The molecule has 12 heteroatoms. The topological polar surface area (TPSA) is 154 Å². The lowest BCUT2D eigenvalue weighted by atomic mass is 10.0. The first-order valence-electron chi connectivity index (χ1n) is 14.3. The molecule has 0 bridgehead atoms. The van der Waals surface area contributed by atoms with Gasteiger partial charge in [0.05, 0.1) is 12.8 Å². The van der Waals surface area contributed by atoms with Crippen LogP contribution in [0, 0.1) is 0 Å². The van der Waals surface area contributed by atoms with Gasteiger partial charge in [0.25, 0.3) is 5.91 Å². The van der Waals surface area contributed by atoms with Crippen molar-refractivity contribution in [3.8, 4) is 5.75 Å². The number of carbonyl (C=O) groups is 3. The number of hydrogen-bond acceptors (Lipinski definition) is 7. The van der Waals surface area contributed by atoms with Crippen molar-refractivity contribution in [1.82, 2.24) is 20.6 Å². The van der Waals surface area contributed by atoms with Gasteiger partial charge >= 0.3 is 6.09 Å². The summed E-state index contributed by atoms with van der Waals surface area (Å²) >= 11 is 6.04. The van der Waals surface area contributed by atoms with E-state index in [0.717, 1.165) is 22.0 Å². The molecule has 3 amide bonds. The van der Waals surface area contributed by atoms with Crippen molar-refractivity contribution in [3.63, 3.8) is 0 Å². The molecule has 3 aromatic carbocycles. The number of phenolic OH excluding ortho intramolecular Hbond substituents is 1. The molecule has 1 heterocycles. The Morgan fingerprint density at radius 2 is 1.60 bits per heavy atom. The highest BCUT2D eigenvalue weighted by molar-refractivity contribution is 6.30. The highest BCUT2D eigenvalue weighted by atomic mass is 35.5. The Balaban J connectivity index is 1.50. The normalized spacial score (nSPS) is 12.9. The molecule has 2 atom stereocenters. The Labute approximate surface area is 265 Å². The van der Waals surface area contributed by atoms with Crippen LogP contribution >= 0.6 is 11.6 Å². The Morgan fingerprint density at radius 3 is 2.27 bits per heavy atom. The molecule has 236 valence electrons. The van der Waals surface area contributed by atoms with Crippen molar-refractivity contribution in [3.05, 3.63) is 101 Å². The Kier molecular flexibility index (Phi) is 10.8. The van der Waals surface area contributed by atoms with Crippen LogP contribution in [-0.4, -0.2) is 63.2 Å². The zero-order valence-corrected chi connectivity index (χ0v) is 25.9. The number of aromatic nitrogens is 1. The molecule has 1 aromatic heterocycles. The van der Waals surface area contributed by atoms with Gasteiger partial charge in [-0.05, 0) is 62.2 Å². The van der Waals surface area contributed by atoms with Gasteiger partial charge in [-0.1, -0.05) is 54.1 Å². The highest BCUT2D eigenvalue weighted by Crippen LogP contribution is 2.22. The number of phenols is 1. The summed E-state index contributed by atoms with van der Waals surface area (Å²) in [6, 6.07) is 19.0. The lowest BCUT2D eigenvalue weighted by Crippen LogP contribution is -2.55. The molecule has 0 saturated heterocycles. The third-order valence-electron chi connectivity index (χ3n) is 6.66. The van der Waals surface area contributed by atoms with E-state index in [2.05, 4.69) is 25.7 Å². The molecule has 0 spiro atoms. The standard InChI is InChI=1S/C33H36ClN5O6/c1-33(2,3)45-32(44)37-28(20-40)30(42)36-27(16-21-10-14-25(41)15-11-21)31(43)38-35-17-23-19-39(29-7-5-4-6-26(23)29)18-22-8-12-24(34)13-9-22/h4-15,17,19,27-28,40-41H,16,18,20H2,1-3H3,(H,36,42)(H,37,44)(H,38,43)/b35-17-/t27-,28-/m0/s1. The summed E-state index contributed by atoms with van der Waals surface area (Å²) in [7, 11) is 0. The lowest BCUT2D eigenvalue weighted by molar-refractivity contribution is -0.130. The minimum absolute atomic E-state index is 0.0400. The maximum atomic E-state index is 13.3. The number of hydrazone groups is 1. The number of aliphatic hydroxyl groups excluding tert-OH is 1. The number of amides is 3. The first kappa shape index (κ1) is 33.0. The van der Waals surface area contributed by atoms with Crippen molar-refractivity contribution in [2.75, 3.05) is 6.61 Å². The van der Waals surface area contributed by atoms with E-state index in [-0.39, 0.29) is 12.2 Å². The second-order valence-electron chi connectivity index (χ2n) is 11.4. The molecule has 0 aliphatic carbocycles. The number of rotatable bonds is 11. The van der Waals surface area contributed by atoms with E-state index in [1.165, 1.54) is 18.3 Å². The van der Waals surface area contributed by atoms with Gasteiger partial charge in [-0.15, -0.1) is 0 Å². The van der Waals surface area contributed by atoms with Crippen molar-refractivity contribution in [2.45, 2.75) is 51.4 Å². The third-order valence-corrected chi connectivity index (χ3v) is 6.92.